The first-order valence-electron chi connectivity index (χ1n) is 8.19. The van der Waals surface area contributed by atoms with E-state index in [2.05, 4.69) is 20.6 Å². The molecule has 0 bridgehead atoms. The molecule has 4 nitrogen and oxygen atoms in total. The third-order valence-electron chi connectivity index (χ3n) is 3.69. The van der Waals surface area contributed by atoms with Gasteiger partial charge in [-0.3, -0.25) is 0 Å². The number of aromatic nitrogens is 2. The molecular formula is C19H16ClF3N4. The highest BCUT2D eigenvalue weighted by molar-refractivity contribution is 6.33. The van der Waals surface area contributed by atoms with Crippen LogP contribution in [0.15, 0.2) is 54.6 Å². The van der Waals surface area contributed by atoms with E-state index < -0.39 is 11.7 Å². The zero-order chi connectivity index (χ0) is 19.4. The normalized spacial score (nSPS) is 11.3. The van der Waals surface area contributed by atoms with E-state index >= 15 is 0 Å². The minimum absolute atomic E-state index is 0.0466. The average Bonchev–Trinajstić information content (AvgIpc) is 2.63. The lowest BCUT2D eigenvalue weighted by atomic mass is 10.1. The second-order valence-corrected chi connectivity index (χ2v) is 6.08. The number of hydrogen-bond acceptors (Lipinski definition) is 4. The van der Waals surface area contributed by atoms with Crippen molar-refractivity contribution in [3.63, 3.8) is 0 Å². The molecule has 0 aliphatic carbocycles. The molecule has 0 atom stereocenters. The molecule has 0 saturated heterocycles. The molecular weight excluding hydrogens is 377 g/mol. The van der Waals surface area contributed by atoms with Gasteiger partial charge in [0.1, 0.15) is 5.82 Å². The van der Waals surface area contributed by atoms with Crippen LogP contribution in [0.1, 0.15) is 12.5 Å². The smallest absolute Gasteiger partial charge is 0.354 e. The SMILES string of the molecule is CCNc1nc(Nc2ccc(C(F)(F)F)cc2Cl)cc(-c2ccccc2)n1. The summed E-state index contributed by atoms with van der Waals surface area (Å²) in [6.07, 6.45) is -4.45. The average molecular weight is 393 g/mol. The van der Waals surface area contributed by atoms with Gasteiger partial charge in [0.2, 0.25) is 5.95 Å². The summed E-state index contributed by atoms with van der Waals surface area (Å²) in [6, 6.07) is 14.4. The Hall–Kier alpha value is -2.80. The molecule has 0 aliphatic rings. The molecule has 0 aliphatic heterocycles. The van der Waals surface area contributed by atoms with Crippen molar-refractivity contribution in [2.24, 2.45) is 0 Å². The van der Waals surface area contributed by atoms with Gasteiger partial charge in [-0.2, -0.15) is 18.2 Å². The van der Waals surface area contributed by atoms with Gasteiger partial charge in [-0.15, -0.1) is 0 Å². The minimum Gasteiger partial charge on any atom is -0.354 e. The van der Waals surface area contributed by atoms with E-state index in [9.17, 15) is 13.2 Å². The third kappa shape index (κ3) is 4.68. The Morgan fingerprint density at radius 3 is 2.37 bits per heavy atom. The van der Waals surface area contributed by atoms with Crippen molar-refractivity contribution in [1.82, 2.24) is 9.97 Å². The van der Waals surface area contributed by atoms with Gasteiger partial charge in [-0.1, -0.05) is 41.9 Å². The molecule has 0 amide bonds. The summed E-state index contributed by atoms with van der Waals surface area (Å²) >= 11 is 6.02. The van der Waals surface area contributed by atoms with Gasteiger partial charge < -0.3 is 10.6 Å². The highest BCUT2D eigenvalue weighted by Crippen LogP contribution is 2.35. The van der Waals surface area contributed by atoms with Crippen LogP contribution in [0.2, 0.25) is 5.02 Å². The second kappa shape index (κ2) is 7.84. The summed E-state index contributed by atoms with van der Waals surface area (Å²) in [5, 5.41) is 5.97. The van der Waals surface area contributed by atoms with Crippen LogP contribution in [0.25, 0.3) is 11.3 Å². The summed E-state index contributed by atoms with van der Waals surface area (Å²) < 4.78 is 38.4. The van der Waals surface area contributed by atoms with Crippen LogP contribution in [0.5, 0.6) is 0 Å². The number of halogens is 4. The summed E-state index contributed by atoms with van der Waals surface area (Å²) in [6.45, 7) is 2.54. The Bertz CT molecular complexity index is 930. The minimum atomic E-state index is -4.45. The lowest BCUT2D eigenvalue weighted by Crippen LogP contribution is -2.07. The van der Waals surface area contributed by atoms with Gasteiger partial charge in [-0.05, 0) is 25.1 Å². The Labute approximate surface area is 159 Å². The molecule has 3 aromatic rings. The molecule has 140 valence electrons. The van der Waals surface area contributed by atoms with E-state index in [-0.39, 0.29) is 5.02 Å². The van der Waals surface area contributed by atoms with E-state index in [1.54, 1.807) is 6.07 Å². The Kier molecular flexibility index (Phi) is 5.51. The highest BCUT2D eigenvalue weighted by atomic mass is 35.5. The van der Waals surface area contributed by atoms with E-state index in [1.165, 1.54) is 6.07 Å². The van der Waals surface area contributed by atoms with E-state index in [0.29, 0.717) is 29.7 Å². The van der Waals surface area contributed by atoms with Crippen LogP contribution in [-0.2, 0) is 6.18 Å². The molecule has 2 N–H and O–H groups in total. The van der Waals surface area contributed by atoms with Crippen LogP contribution >= 0.6 is 11.6 Å². The predicted molar refractivity (Wildman–Crippen MR) is 101 cm³/mol. The fraction of sp³-hybridized carbons (Fsp3) is 0.158. The molecule has 0 fully saturated rings. The van der Waals surface area contributed by atoms with Gasteiger partial charge in [0.15, 0.2) is 0 Å². The highest BCUT2D eigenvalue weighted by Gasteiger charge is 2.30. The van der Waals surface area contributed by atoms with Gasteiger partial charge in [-0.25, -0.2) is 4.98 Å². The Morgan fingerprint density at radius 2 is 1.74 bits per heavy atom. The van der Waals surface area contributed by atoms with Crippen LogP contribution < -0.4 is 10.6 Å². The van der Waals surface area contributed by atoms with Crippen LogP contribution in [0.4, 0.5) is 30.6 Å². The molecule has 0 spiro atoms. The van der Waals surface area contributed by atoms with E-state index in [4.69, 9.17) is 11.6 Å². The monoisotopic (exact) mass is 392 g/mol. The largest absolute Gasteiger partial charge is 0.416 e. The quantitative estimate of drug-likeness (QED) is 0.559. The van der Waals surface area contributed by atoms with Gasteiger partial charge in [0.25, 0.3) is 0 Å². The third-order valence-corrected chi connectivity index (χ3v) is 4.00. The maximum Gasteiger partial charge on any atom is 0.416 e. The van der Waals surface area contributed by atoms with Gasteiger partial charge in [0.05, 0.1) is 22.0 Å². The Balaban J connectivity index is 1.96. The Morgan fingerprint density at radius 1 is 1.00 bits per heavy atom. The first-order chi connectivity index (χ1) is 12.9. The zero-order valence-corrected chi connectivity index (χ0v) is 15.1. The zero-order valence-electron chi connectivity index (χ0n) is 14.3. The van der Waals surface area contributed by atoms with Crippen molar-refractivity contribution >= 4 is 29.1 Å². The van der Waals surface area contributed by atoms with Crippen molar-refractivity contribution in [3.05, 3.63) is 65.2 Å². The maximum absolute atomic E-state index is 12.8. The lowest BCUT2D eigenvalue weighted by Gasteiger charge is -2.13. The molecule has 0 radical (unpaired) electrons. The fourth-order valence-electron chi connectivity index (χ4n) is 2.44. The number of rotatable bonds is 5. The molecule has 3 rings (SSSR count). The van der Waals surface area contributed by atoms with Crippen LogP contribution in [0, 0.1) is 0 Å². The molecule has 1 heterocycles. The van der Waals surface area contributed by atoms with Gasteiger partial charge in [0, 0.05) is 18.2 Å². The number of benzene rings is 2. The number of nitrogens with one attached hydrogen (secondary N) is 2. The van der Waals surface area contributed by atoms with Crippen molar-refractivity contribution in [3.8, 4) is 11.3 Å². The lowest BCUT2D eigenvalue weighted by molar-refractivity contribution is -0.137. The van der Waals surface area contributed by atoms with Crippen molar-refractivity contribution < 1.29 is 13.2 Å². The molecule has 8 heteroatoms. The summed E-state index contributed by atoms with van der Waals surface area (Å²) in [5.41, 5.74) is 1.08. The topological polar surface area (TPSA) is 49.8 Å². The maximum atomic E-state index is 12.8. The van der Waals surface area contributed by atoms with Gasteiger partial charge >= 0.3 is 6.18 Å². The first-order valence-corrected chi connectivity index (χ1v) is 8.57. The van der Waals surface area contributed by atoms with Crippen molar-refractivity contribution in [1.29, 1.82) is 0 Å². The number of alkyl halides is 3. The summed E-state index contributed by atoms with van der Waals surface area (Å²) in [4.78, 5) is 8.80. The van der Waals surface area contributed by atoms with Crippen molar-refractivity contribution in [2.45, 2.75) is 13.1 Å². The van der Waals surface area contributed by atoms with Crippen LogP contribution in [0.3, 0.4) is 0 Å². The standard InChI is InChI=1S/C19H16ClF3N4/c1-2-24-18-26-16(12-6-4-3-5-7-12)11-17(27-18)25-15-9-8-13(10-14(15)20)19(21,22)23/h3-11H,2H2,1H3,(H2,24,25,26,27). The fourth-order valence-corrected chi connectivity index (χ4v) is 2.66. The summed E-state index contributed by atoms with van der Waals surface area (Å²) in [5.74, 6) is 0.825. The first kappa shape index (κ1) is 19.0. The molecule has 27 heavy (non-hydrogen) atoms. The van der Waals surface area contributed by atoms with Crippen LogP contribution in [-0.4, -0.2) is 16.5 Å². The number of nitrogens with zero attached hydrogens (tertiary/aromatic N) is 2. The molecule has 0 unspecified atom stereocenters. The number of anilines is 3. The predicted octanol–water partition coefficient (Wildman–Crippen LogP) is 5.99. The second-order valence-electron chi connectivity index (χ2n) is 5.68. The molecule has 0 saturated carbocycles. The van der Waals surface area contributed by atoms with E-state index in [0.717, 1.165) is 17.7 Å². The molecule has 2 aromatic carbocycles. The number of hydrogen-bond donors (Lipinski definition) is 2. The summed E-state index contributed by atoms with van der Waals surface area (Å²) in [7, 11) is 0. The molecule has 1 aromatic heterocycles. The van der Waals surface area contributed by atoms with E-state index in [1.807, 2.05) is 37.3 Å². The van der Waals surface area contributed by atoms with Crippen molar-refractivity contribution in [2.75, 3.05) is 17.2 Å².